The summed E-state index contributed by atoms with van der Waals surface area (Å²) in [4.78, 5) is 12.1. The molecule has 0 spiro atoms. The standard InChI is InChI=1S/C19H20Cl2N2O/c20-17-6-5-15(18(21)11-17)7-9-22-19(24)13-23-10-8-14-3-1-2-4-16(14)12-23/h5-6,8,10-12H,1-4,7,9,13H2/p+1. The largest absolute Gasteiger partial charge is 0.350 e. The zero-order chi connectivity index (χ0) is 16.9. The maximum atomic E-state index is 12.1. The van der Waals surface area contributed by atoms with Crippen LogP contribution in [0.4, 0.5) is 0 Å². The molecule has 3 rings (SSSR count). The van der Waals surface area contributed by atoms with Gasteiger partial charge in [0, 0.05) is 28.2 Å². The van der Waals surface area contributed by atoms with E-state index in [1.165, 1.54) is 24.0 Å². The van der Waals surface area contributed by atoms with Gasteiger partial charge in [-0.15, -0.1) is 0 Å². The number of nitrogens with zero attached hydrogens (tertiary/aromatic N) is 1. The van der Waals surface area contributed by atoms with Crippen LogP contribution in [-0.4, -0.2) is 12.5 Å². The highest BCUT2D eigenvalue weighted by atomic mass is 35.5. The second kappa shape index (κ2) is 8.00. The number of amides is 1. The van der Waals surface area contributed by atoms with Gasteiger partial charge >= 0.3 is 0 Å². The summed E-state index contributed by atoms with van der Waals surface area (Å²) < 4.78 is 1.97. The van der Waals surface area contributed by atoms with Crippen LogP contribution in [0.5, 0.6) is 0 Å². The number of carbonyl (C=O) groups excluding carboxylic acids is 1. The Morgan fingerprint density at radius 3 is 2.71 bits per heavy atom. The van der Waals surface area contributed by atoms with Gasteiger partial charge in [-0.25, -0.2) is 0 Å². The van der Waals surface area contributed by atoms with Crippen LogP contribution in [0, 0.1) is 0 Å². The van der Waals surface area contributed by atoms with Gasteiger partial charge in [-0.05, 0) is 55.4 Å². The fraction of sp³-hybridized carbons (Fsp3) is 0.368. The highest BCUT2D eigenvalue weighted by Gasteiger charge is 2.15. The van der Waals surface area contributed by atoms with E-state index in [0.29, 0.717) is 29.6 Å². The number of hydrogen-bond acceptors (Lipinski definition) is 1. The SMILES string of the molecule is O=C(C[n+]1ccc2c(c1)CCCC2)NCCc1ccc(Cl)cc1Cl. The van der Waals surface area contributed by atoms with Crippen molar-refractivity contribution in [2.45, 2.75) is 38.6 Å². The average Bonchev–Trinajstić information content (AvgIpc) is 2.57. The minimum absolute atomic E-state index is 0.0147. The number of pyridine rings is 1. The van der Waals surface area contributed by atoms with Crippen LogP contribution in [0.25, 0.3) is 0 Å². The molecule has 1 aromatic carbocycles. The molecule has 0 bridgehead atoms. The van der Waals surface area contributed by atoms with E-state index >= 15 is 0 Å². The summed E-state index contributed by atoms with van der Waals surface area (Å²) in [7, 11) is 0. The van der Waals surface area contributed by atoms with Crippen LogP contribution in [0.2, 0.25) is 10.0 Å². The predicted molar refractivity (Wildman–Crippen MR) is 96.5 cm³/mol. The van der Waals surface area contributed by atoms with E-state index < -0.39 is 0 Å². The van der Waals surface area contributed by atoms with E-state index in [1.54, 1.807) is 6.07 Å². The van der Waals surface area contributed by atoms with Crippen molar-refractivity contribution in [3.8, 4) is 0 Å². The predicted octanol–water partition coefficient (Wildman–Crippen LogP) is 3.52. The Kier molecular flexibility index (Phi) is 5.75. The van der Waals surface area contributed by atoms with Gasteiger partial charge in [0.25, 0.3) is 5.91 Å². The Balaban J connectivity index is 1.50. The van der Waals surface area contributed by atoms with Gasteiger partial charge < -0.3 is 5.32 Å². The fourth-order valence-corrected chi connectivity index (χ4v) is 3.60. The van der Waals surface area contributed by atoms with Crippen molar-refractivity contribution in [1.29, 1.82) is 0 Å². The van der Waals surface area contributed by atoms with Crippen LogP contribution in [-0.2, 0) is 30.6 Å². The Bertz CT molecular complexity index is 746. The lowest BCUT2D eigenvalue weighted by Gasteiger charge is -2.13. The molecule has 0 atom stereocenters. The summed E-state index contributed by atoms with van der Waals surface area (Å²) in [6, 6.07) is 7.58. The lowest BCUT2D eigenvalue weighted by molar-refractivity contribution is -0.685. The van der Waals surface area contributed by atoms with Gasteiger partial charge in [0.1, 0.15) is 0 Å². The normalized spacial score (nSPS) is 13.4. The molecule has 1 heterocycles. The number of halogens is 2. The fourth-order valence-electron chi connectivity index (χ4n) is 3.10. The molecule has 0 unspecified atom stereocenters. The van der Waals surface area contributed by atoms with Crippen molar-refractivity contribution in [2.24, 2.45) is 0 Å². The first-order chi connectivity index (χ1) is 11.6. The Labute approximate surface area is 152 Å². The van der Waals surface area contributed by atoms with Crippen LogP contribution < -0.4 is 9.88 Å². The lowest BCUT2D eigenvalue weighted by Crippen LogP contribution is -2.43. The monoisotopic (exact) mass is 363 g/mol. The average molecular weight is 364 g/mol. The minimum atomic E-state index is 0.0147. The van der Waals surface area contributed by atoms with Crippen LogP contribution in [0.1, 0.15) is 29.5 Å². The molecule has 0 fully saturated rings. The third kappa shape index (κ3) is 4.49. The molecule has 0 saturated heterocycles. The van der Waals surface area contributed by atoms with Crippen molar-refractivity contribution in [2.75, 3.05) is 6.54 Å². The zero-order valence-corrected chi connectivity index (χ0v) is 15.0. The Morgan fingerprint density at radius 1 is 1.12 bits per heavy atom. The van der Waals surface area contributed by atoms with Crippen molar-refractivity contribution in [3.05, 3.63) is 63.4 Å². The van der Waals surface area contributed by atoms with Gasteiger partial charge in [-0.2, -0.15) is 4.57 Å². The number of carbonyl (C=O) groups is 1. The first kappa shape index (κ1) is 17.2. The van der Waals surface area contributed by atoms with E-state index in [1.807, 2.05) is 22.9 Å². The van der Waals surface area contributed by atoms with Crippen LogP contribution in [0.3, 0.4) is 0 Å². The summed E-state index contributed by atoms with van der Waals surface area (Å²) in [6.45, 7) is 0.910. The summed E-state index contributed by atoms with van der Waals surface area (Å²) in [5, 5.41) is 4.21. The van der Waals surface area contributed by atoms with Crippen molar-refractivity contribution >= 4 is 29.1 Å². The second-order valence-electron chi connectivity index (χ2n) is 6.21. The quantitative estimate of drug-likeness (QED) is 0.810. The minimum Gasteiger partial charge on any atom is -0.350 e. The molecule has 1 aromatic heterocycles. The molecular weight excluding hydrogens is 343 g/mol. The highest BCUT2D eigenvalue weighted by molar-refractivity contribution is 6.35. The highest BCUT2D eigenvalue weighted by Crippen LogP contribution is 2.21. The maximum absolute atomic E-state index is 12.1. The molecule has 0 saturated carbocycles. The first-order valence-corrected chi connectivity index (χ1v) is 9.09. The summed E-state index contributed by atoms with van der Waals surface area (Å²) in [5.41, 5.74) is 3.79. The number of rotatable bonds is 5. The molecule has 5 heteroatoms. The van der Waals surface area contributed by atoms with E-state index in [9.17, 15) is 4.79 Å². The molecule has 0 aliphatic heterocycles. The molecule has 126 valence electrons. The first-order valence-electron chi connectivity index (χ1n) is 8.33. The molecule has 1 aliphatic carbocycles. The van der Waals surface area contributed by atoms with Crippen molar-refractivity contribution in [1.82, 2.24) is 5.32 Å². The molecule has 3 nitrogen and oxygen atoms in total. The Hall–Kier alpha value is -1.58. The summed E-state index contributed by atoms with van der Waals surface area (Å²) in [6.07, 6.45) is 9.59. The summed E-state index contributed by atoms with van der Waals surface area (Å²) in [5.74, 6) is 0.0147. The van der Waals surface area contributed by atoms with E-state index in [-0.39, 0.29) is 5.91 Å². The molecule has 1 amide bonds. The number of nitrogens with one attached hydrogen (secondary N) is 1. The van der Waals surface area contributed by atoms with Gasteiger partial charge in [-0.3, -0.25) is 4.79 Å². The topological polar surface area (TPSA) is 33.0 Å². The van der Waals surface area contributed by atoms with Crippen molar-refractivity contribution < 1.29 is 9.36 Å². The number of aromatic nitrogens is 1. The van der Waals surface area contributed by atoms with Gasteiger partial charge in [0.05, 0.1) is 0 Å². The maximum Gasteiger partial charge on any atom is 0.285 e. The lowest BCUT2D eigenvalue weighted by atomic mass is 9.93. The number of aryl methyl sites for hydroxylation is 2. The van der Waals surface area contributed by atoms with Gasteiger partial charge in [0.2, 0.25) is 6.54 Å². The molecule has 2 aromatic rings. The number of hydrogen-bond donors (Lipinski definition) is 1. The third-order valence-electron chi connectivity index (χ3n) is 4.40. The molecule has 0 radical (unpaired) electrons. The van der Waals surface area contributed by atoms with Crippen LogP contribution >= 0.6 is 23.2 Å². The van der Waals surface area contributed by atoms with E-state index in [0.717, 1.165) is 18.4 Å². The number of fused-ring (bicyclic) bond motifs is 1. The van der Waals surface area contributed by atoms with E-state index in [2.05, 4.69) is 17.6 Å². The number of benzene rings is 1. The van der Waals surface area contributed by atoms with Crippen molar-refractivity contribution in [3.63, 3.8) is 0 Å². The zero-order valence-electron chi connectivity index (χ0n) is 13.5. The molecule has 24 heavy (non-hydrogen) atoms. The van der Waals surface area contributed by atoms with Gasteiger partial charge in [-0.1, -0.05) is 29.3 Å². The molecule has 1 aliphatic rings. The van der Waals surface area contributed by atoms with Crippen LogP contribution in [0.15, 0.2) is 36.7 Å². The second-order valence-corrected chi connectivity index (χ2v) is 7.05. The molecular formula is C19H21Cl2N2O+. The Morgan fingerprint density at radius 2 is 1.92 bits per heavy atom. The van der Waals surface area contributed by atoms with E-state index in [4.69, 9.17) is 23.2 Å². The van der Waals surface area contributed by atoms with Gasteiger partial charge in [0.15, 0.2) is 12.4 Å². The third-order valence-corrected chi connectivity index (χ3v) is 4.99. The smallest absolute Gasteiger partial charge is 0.285 e. The summed E-state index contributed by atoms with van der Waals surface area (Å²) >= 11 is 12.0. The molecule has 1 N–H and O–H groups in total.